The van der Waals surface area contributed by atoms with Crippen molar-refractivity contribution in [3.05, 3.63) is 16.0 Å². The molecule has 0 amide bonds. The van der Waals surface area contributed by atoms with Gasteiger partial charge in [-0.25, -0.2) is 8.42 Å². The number of aryl methyl sites for hydroxylation is 1. The predicted molar refractivity (Wildman–Crippen MR) is 67.5 cm³/mol. The van der Waals surface area contributed by atoms with Crippen molar-refractivity contribution in [1.82, 2.24) is 4.72 Å². The van der Waals surface area contributed by atoms with Gasteiger partial charge in [0.2, 0.25) is 0 Å². The number of halogens is 1. The monoisotopic (exact) mass is 313 g/mol. The van der Waals surface area contributed by atoms with Crippen molar-refractivity contribution < 1.29 is 23.4 Å². The van der Waals surface area contributed by atoms with Crippen molar-refractivity contribution in [2.45, 2.75) is 23.6 Å². The molecular formula is C9H12ClNO5S2. The first-order chi connectivity index (χ1) is 8.27. The van der Waals surface area contributed by atoms with E-state index in [0.29, 0.717) is 9.90 Å². The molecule has 1 heterocycles. The quantitative estimate of drug-likeness (QED) is 0.721. The molecule has 1 aromatic heterocycles. The molecule has 0 saturated heterocycles. The average Bonchev–Trinajstić information content (AvgIpc) is 2.59. The number of aliphatic hydroxyl groups is 1. The van der Waals surface area contributed by atoms with E-state index in [1.807, 2.05) is 4.72 Å². The van der Waals surface area contributed by atoms with Crippen molar-refractivity contribution in [3.8, 4) is 0 Å². The second kappa shape index (κ2) is 5.98. The lowest BCUT2D eigenvalue weighted by Crippen LogP contribution is -2.41. The Kier molecular flexibility index (Phi) is 5.11. The Morgan fingerprint density at radius 3 is 2.61 bits per heavy atom. The van der Waals surface area contributed by atoms with Crippen molar-refractivity contribution in [1.29, 1.82) is 0 Å². The predicted octanol–water partition coefficient (Wildman–Crippen LogP) is 0.824. The molecule has 0 bridgehead atoms. The maximum atomic E-state index is 11.9. The number of hydrogen-bond donors (Lipinski definition) is 3. The molecule has 1 unspecified atom stereocenters. The largest absolute Gasteiger partial charge is 0.480 e. The van der Waals surface area contributed by atoms with Crippen LogP contribution in [0.2, 0.25) is 4.34 Å². The standard InChI is InChI=1S/C9H12ClNO5S2/c1-5-4-7(17-8(5)10)18(15,16)11-6(2-3-12)9(13)14/h4,6,11-12H,2-3H2,1H3,(H,13,14). The molecule has 1 aromatic rings. The van der Waals surface area contributed by atoms with E-state index in [0.717, 1.165) is 11.3 Å². The summed E-state index contributed by atoms with van der Waals surface area (Å²) in [6, 6.07) is 0.00823. The number of carboxylic acids is 1. The van der Waals surface area contributed by atoms with E-state index in [4.69, 9.17) is 21.8 Å². The van der Waals surface area contributed by atoms with Crippen LogP contribution in [0, 0.1) is 6.92 Å². The SMILES string of the molecule is Cc1cc(S(=O)(=O)NC(CCO)C(=O)O)sc1Cl. The van der Waals surface area contributed by atoms with Crippen molar-refractivity contribution in [2.24, 2.45) is 0 Å². The van der Waals surface area contributed by atoms with E-state index >= 15 is 0 Å². The molecule has 1 atom stereocenters. The third kappa shape index (κ3) is 3.66. The second-order valence-corrected chi connectivity index (χ2v) is 7.14. The summed E-state index contributed by atoms with van der Waals surface area (Å²) in [5.74, 6) is -1.34. The Morgan fingerprint density at radius 2 is 2.22 bits per heavy atom. The third-order valence-corrected chi connectivity index (χ3v) is 5.61. The number of carboxylic acid groups (broad SMARTS) is 1. The highest BCUT2D eigenvalue weighted by Crippen LogP contribution is 2.30. The molecule has 9 heteroatoms. The van der Waals surface area contributed by atoms with E-state index in [9.17, 15) is 13.2 Å². The van der Waals surface area contributed by atoms with Crippen LogP contribution < -0.4 is 4.72 Å². The molecule has 0 spiro atoms. The summed E-state index contributed by atoms with van der Waals surface area (Å²) in [6.07, 6.45) is -0.202. The first-order valence-electron chi connectivity index (χ1n) is 4.90. The van der Waals surface area contributed by atoms with E-state index in [2.05, 4.69) is 0 Å². The first-order valence-corrected chi connectivity index (χ1v) is 7.57. The summed E-state index contributed by atoms with van der Waals surface area (Å²) in [5, 5.41) is 17.5. The lowest BCUT2D eigenvalue weighted by molar-refractivity contribution is -0.139. The first kappa shape index (κ1) is 15.4. The maximum absolute atomic E-state index is 11.9. The topological polar surface area (TPSA) is 104 Å². The number of aliphatic carboxylic acids is 1. The van der Waals surface area contributed by atoms with Gasteiger partial charge in [-0.2, -0.15) is 4.72 Å². The van der Waals surface area contributed by atoms with Gasteiger partial charge in [-0.15, -0.1) is 11.3 Å². The minimum absolute atomic E-state index is 0.0470. The molecule has 0 aliphatic heterocycles. The Morgan fingerprint density at radius 1 is 1.61 bits per heavy atom. The summed E-state index contributed by atoms with van der Waals surface area (Å²) in [6.45, 7) is 1.23. The fourth-order valence-electron chi connectivity index (χ4n) is 1.17. The van der Waals surface area contributed by atoms with Crippen LogP contribution in [0.15, 0.2) is 10.3 Å². The lowest BCUT2D eigenvalue weighted by atomic mass is 10.2. The van der Waals surface area contributed by atoms with Gasteiger partial charge in [0.25, 0.3) is 10.0 Å². The van der Waals surface area contributed by atoms with E-state index in [1.165, 1.54) is 6.07 Å². The van der Waals surface area contributed by atoms with Gasteiger partial charge in [-0.1, -0.05) is 11.6 Å². The molecule has 0 aliphatic carbocycles. The normalized spacial score (nSPS) is 13.5. The Labute approximate surface area is 113 Å². The Hall–Kier alpha value is -0.670. The highest BCUT2D eigenvalue weighted by molar-refractivity contribution is 7.91. The number of sulfonamides is 1. The Bertz CT molecular complexity index is 520. The fourth-order valence-corrected chi connectivity index (χ4v) is 4.12. The molecule has 102 valence electrons. The number of hydrogen-bond acceptors (Lipinski definition) is 5. The summed E-state index contributed by atoms with van der Waals surface area (Å²) < 4.78 is 26.1. The highest BCUT2D eigenvalue weighted by Gasteiger charge is 2.26. The van der Waals surface area contributed by atoms with Gasteiger partial charge in [0.1, 0.15) is 10.3 Å². The van der Waals surface area contributed by atoms with Crippen LogP contribution >= 0.6 is 22.9 Å². The third-order valence-electron chi connectivity index (χ3n) is 2.11. The van der Waals surface area contributed by atoms with E-state index < -0.39 is 28.6 Å². The molecule has 0 radical (unpaired) electrons. The molecule has 0 fully saturated rings. The van der Waals surface area contributed by atoms with E-state index in [-0.39, 0.29) is 10.6 Å². The molecule has 18 heavy (non-hydrogen) atoms. The average molecular weight is 314 g/mol. The number of aliphatic hydroxyl groups excluding tert-OH is 1. The number of thiophene rings is 1. The molecular weight excluding hydrogens is 302 g/mol. The summed E-state index contributed by atoms with van der Waals surface area (Å²) in [7, 11) is -3.94. The Balaban J connectivity index is 2.96. The van der Waals surface area contributed by atoms with E-state index in [1.54, 1.807) is 6.92 Å². The molecule has 6 nitrogen and oxygen atoms in total. The molecule has 0 saturated carbocycles. The zero-order chi connectivity index (χ0) is 13.9. The highest BCUT2D eigenvalue weighted by atomic mass is 35.5. The van der Waals surface area contributed by atoms with Gasteiger partial charge >= 0.3 is 5.97 Å². The minimum atomic E-state index is -3.94. The van der Waals surface area contributed by atoms with Crippen LogP contribution in [-0.2, 0) is 14.8 Å². The summed E-state index contributed by atoms with van der Waals surface area (Å²) in [5.41, 5.74) is 0.607. The van der Waals surface area contributed by atoms with Crippen LogP contribution in [0.3, 0.4) is 0 Å². The van der Waals surface area contributed by atoms with Crippen LogP contribution in [0.25, 0.3) is 0 Å². The van der Waals surface area contributed by atoms with Crippen LogP contribution in [0.4, 0.5) is 0 Å². The zero-order valence-corrected chi connectivity index (χ0v) is 11.8. The zero-order valence-electron chi connectivity index (χ0n) is 9.38. The molecule has 0 aromatic carbocycles. The molecule has 0 aliphatic rings. The van der Waals surface area contributed by atoms with Crippen molar-refractivity contribution in [3.63, 3.8) is 0 Å². The van der Waals surface area contributed by atoms with Crippen LogP contribution in [0.5, 0.6) is 0 Å². The van der Waals surface area contributed by atoms with Crippen LogP contribution in [-0.4, -0.2) is 37.2 Å². The van der Waals surface area contributed by atoms with Crippen molar-refractivity contribution >= 4 is 38.9 Å². The maximum Gasteiger partial charge on any atom is 0.321 e. The number of nitrogens with one attached hydrogen (secondary N) is 1. The molecule has 3 N–H and O–H groups in total. The van der Waals surface area contributed by atoms with Gasteiger partial charge < -0.3 is 10.2 Å². The fraction of sp³-hybridized carbons (Fsp3) is 0.444. The smallest absolute Gasteiger partial charge is 0.321 e. The van der Waals surface area contributed by atoms with Gasteiger partial charge in [-0.05, 0) is 25.0 Å². The molecule has 1 rings (SSSR count). The number of carbonyl (C=O) groups is 1. The summed E-state index contributed by atoms with van der Waals surface area (Å²) >= 11 is 6.62. The minimum Gasteiger partial charge on any atom is -0.480 e. The number of rotatable bonds is 6. The van der Waals surface area contributed by atoms with Crippen molar-refractivity contribution in [2.75, 3.05) is 6.61 Å². The van der Waals surface area contributed by atoms with Gasteiger partial charge in [0, 0.05) is 6.61 Å². The van der Waals surface area contributed by atoms with Gasteiger partial charge in [0.05, 0.1) is 4.34 Å². The van der Waals surface area contributed by atoms with Crippen LogP contribution in [0.1, 0.15) is 12.0 Å². The lowest BCUT2D eigenvalue weighted by Gasteiger charge is -2.12. The second-order valence-electron chi connectivity index (χ2n) is 3.55. The van der Waals surface area contributed by atoms with Gasteiger partial charge in [0.15, 0.2) is 0 Å². The van der Waals surface area contributed by atoms with Gasteiger partial charge in [-0.3, -0.25) is 4.79 Å². The summed E-state index contributed by atoms with van der Waals surface area (Å²) in [4.78, 5) is 10.8.